The number of fused-ring (bicyclic) bond motifs is 2. The lowest BCUT2D eigenvalue weighted by Crippen LogP contribution is -2.33. The van der Waals surface area contributed by atoms with E-state index < -0.39 is 0 Å². The van der Waals surface area contributed by atoms with E-state index in [0.717, 1.165) is 33.4 Å². The highest BCUT2D eigenvalue weighted by Crippen LogP contribution is 2.50. The average Bonchev–Trinajstić information content (AvgIpc) is 2.59. The zero-order valence-electron chi connectivity index (χ0n) is 16.3. The summed E-state index contributed by atoms with van der Waals surface area (Å²) in [5.74, 6) is 0.265. The van der Waals surface area contributed by atoms with E-state index in [1.54, 1.807) is 0 Å². The van der Waals surface area contributed by atoms with Crippen LogP contribution in [0.15, 0.2) is 52.5 Å². The molecule has 0 saturated carbocycles. The second-order valence-electron chi connectivity index (χ2n) is 8.56. The summed E-state index contributed by atoms with van der Waals surface area (Å²) >= 11 is 3.70. The molecule has 1 N–H and O–H groups in total. The van der Waals surface area contributed by atoms with Crippen molar-refractivity contribution in [2.45, 2.75) is 32.7 Å². The number of carbonyl (C=O) groups excluding carboxylic acids is 1. The van der Waals surface area contributed by atoms with Gasteiger partial charge in [-0.05, 0) is 57.1 Å². The molecule has 4 rings (SSSR count). The van der Waals surface area contributed by atoms with Crippen molar-refractivity contribution in [1.29, 1.82) is 0 Å². The molecule has 0 spiro atoms. The third kappa shape index (κ3) is 3.20. The SMILES string of the molecule is CN(C)c1ccc(C2Nc3ccccc3C3=C2C(=O)CC(C)(C)C3)cc1Br. The van der Waals surface area contributed by atoms with Gasteiger partial charge >= 0.3 is 0 Å². The van der Waals surface area contributed by atoms with Crippen molar-refractivity contribution in [3.63, 3.8) is 0 Å². The van der Waals surface area contributed by atoms with Gasteiger partial charge in [0, 0.05) is 41.8 Å². The first-order chi connectivity index (χ1) is 12.8. The van der Waals surface area contributed by atoms with Crippen molar-refractivity contribution in [1.82, 2.24) is 0 Å². The van der Waals surface area contributed by atoms with Crippen molar-refractivity contribution in [2.75, 3.05) is 24.3 Å². The Balaban J connectivity index is 1.87. The van der Waals surface area contributed by atoms with E-state index in [1.165, 1.54) is 11.1 Å². The Morgan fingerprint density at radius 3 is 2.56 bits per heavy atom. The quantitative estimate of drug-likeness (QED) is 0.658. The molecule has 1 aliphatic carbocycles. The molecule has 0 saturated heterocycles. The van der Waals surface area contributed by atoms with Gasteiger partial charge < -0.3 is 10.2 Å². The van der Waals surface area contributed by atoms with Crippen LogP contribution in [0, 0.1) is 5.41 Å². The predicted octanol–water partition coefficient (Wildman–Crippen LogP) is 5.82. The van der Waals surface area contributed by atoms with Crippen LogP contribution in [0.1, 0.15) is 43.9 Å². The summed E-state index contributed by atoms with van der Waals surface area (Å²) in [7, 11) is 4.06. The number of anilines is 2. The number of carbonyl (C=O) groups is 1. The number of nitrogens with one attached hydrogen (secondary N) is 1. The fraction of sp³-hybridized carbons (Fsp3) is 0.348. The summed E-state index contributed by atoms with van der Waals surface area (Å²) in [5, 5.41) is 3.63. The first kappa shape index (κ1) is 18.3. The summed E-state index contributed by atoms with van der Waals surface area (Å²) in [4.78, 5) is 15.3. The van der Waals surface area contributed by atoms with E-state index in [4.69, 9.17) is 0 Å². The maximum Gasteiger partial charge on any atom is 0.162 e. The van der Waals surface area contributed by atoms with Crippen molar-refractivity contribution in [3.05, 3.63) is 63.6 Å². The standard InChI is InChI=1S/C23H25BrN2O/c1-23(2)12-16-15-7-5-6-8-18(15)25-22(21(16)20(27)13-23)14-9-10-19(26(3)4)17(24)11-14/h5-11,22,25H,12-13H2,1-4H3. The van der Waals surface area contributed by atoms with Crippen LogP contribution in [0.3, 0.4) is 0 Å². The number of halogens is 1. The number of benzene rings is 2. The Hall–Kier alpha value is -2.07. The fourth-order valence-electron chi connectivity index (χ4n) is 4.33. The third-order valence-electron chi connectivity index (χ3n) is 5.55. The Morgan fingerprint density at radius 1 is 1.11 bits per heavy atom. The molecule has 1 aliphatic heterocycles. The molecule has 2 aromatic rings. The number of hydrogen-bond acceptors (Lipinski definition) is 3. The van der Waals surface area contributed by atoms with Crippen LogP contribution in [0.2, 0.25) is 0 Å². The highest BCUT2D eigenvalue weighted by atomic mass is 79.9. The monoisotopic (exact) mass is 424 g/mol. The largest absolute Gasteiger partial charge is 0.377 e. The molecular weight excluding hydrogens is 400 g/mol. The number of para-hydroxylation sites is 1. The van der Waals surface area contributed by atoms with Crippen LogP contribution < -0.4 is 10.2 Å². The van der Waals surface area contributed by atoms with Gasteiger partial charge in [0.1, 0.15) is 0 Å². The Bertz CT molecular complexity index is 959. The van der Waals surface area contributed by atoms with Crippen LogP contribution in [0.5, 0.6) is 0 Å². The zero-order valence-corrected chi connectivity index (χ0v) is 17.9. The third-order valence-corrected chi connectivity index (χ3v) is 6.18. The minimum Gasteiger partial charge on any atom is -0.377 e. The van der Waals surface area contributed by atoms with Crippen molar-refractivity contribution >= 4 is 38.7 Å². The van der Waals surface area contributed by atoms with Crippen LogP contribution in [-0.4, -0.2) is 19.9 Å². The summed E-state index contributed by atoms with van der Waals surface area (Å²) in [5.41, 5.74) is 6.68. The van der Waals surface area contributed by atoms with Gasteiger partial charge in [-0.15, -0.1) is 0 Å². The van der Waals surface area contributed by atoms with Gasteiger partial charge in [0.05, 0.1) is 11.7 Å². The first-order valence-corrected chi connectivity index (χ1v) is 10.1. The maximum atomic E-state index is 13.2. The molecule has 1 unspecified atom stereocenters. The number of Topliss-reactive ketones (excluding diaryl/α,β-unsaturated/α-hetero) is 1. The van der Waals surface area contributed by atoms with E-state index in [0.29, 0.717) is 6.42 Å². The molecule has 3 nitrogen and oxygen atoms in total. The van der Waals surface area contributed by atoms with E-state index >= 15 is 0 Å². The molecule has 0 bridgehead atoms. The summed E-state index contributed by atoms with van der Waals surface area (Å²) in [6.45, 7) is 4.38. The van der Waals surface area contributed by atoms with Crippen molar-refractivity contribution in [3.8, 4) is 0 Å². The average molecular weight is 425 g/mol. The Labute approximate surface area is 169 Å². The second kappa shape index (κ2) is 6.52. The zero-order chi connectivity index (χ0) is 19.3. The minimum absolute atomic E-state index is 0.000279. The first-order valence-electron chi connectivity index (χ1n) is 9.36. The fourth-order valence-corrected chi connectivity index (χ4v) is 5.08. The van der Waals surface area contributed by atoms with E-state index in [-0.39, 0.29) is 17.2 Å². The summed E-state index contributed by atoms with van der Waals surface area (Å²) in [6.07, 6.45) is 1.53. The minimum atomic E-state index is -0.106. The van der Waals surface area contributed by atoms with Crippen LogP contribution in [-0.2, 0) is 4.79 Å². The molecule has 0 radical (unpaired) electrons. The molecule has 2 aromatic carbocycles. The van der Waals surface area contributed by atoms with E-state index in [2.05, 4.69) is 82.5 Å². The molecular formula is C23H25BrN2O. The topological polar surface area (TPSA) is 32.3 Å². The summed E-state index contributed by atoms with van der Waals surface area (Å²) in [6, 6.07) is 14.6. The van der Waals surface area contributed by atoms with Gasteiger partial charge in [0.25, 0.3) is 0 Å². The highest BCUT2D eigenvalue weighted by molar-refractivity contribution is 9.10. The van der Waals surface area contributed by atoms with Crippen LogP contribution in [0.25, 0.3) is 5.57 Å². The molecule has 2 aliphatic rings. The van der Waals surface area contributed by atoms with Gasteiger partial charge in [-0.3, -0.25) is 4.79 Å². The molecule has 140 valence electrons. The lowest BCUT2D eigenvalue weighted by atomic mass is 9.68. The normalized spacial score (nSPS) is 20.6. The predicted molar refractivity (Wildman–Crippen MR) is 116 cm³/mol. The molecule has 27 heavy (non-hydrogen) atoms. The lowest BCUT2D eigenvalue weighted by Gasteiger charge is -2.39. The molecule has 0 aromatic heterocycles. The van der Waals surface area contributed by atoms with E-state index in [1.807, 2.05) is 14.1 Å². The Morgan fingerprint density at radius 2 is 1.85 bits per heavy atom. The molecule has 1 atom stereocenters. The van der Waals surface area contributed by atoms with Gasteiger partial charge in [-0.25, -0.2) is 0 Å². The molecule has 1 heterocycles. The van der Waals surface area contributed by atoms with Gasteiger partial charge in [0.15, 0.2) is 5.78 Å². The highest BCUT2D eigenvalue weighted by Gasteiger charge is 2.40. The van der Waals surface area contributed by atoms with E-state index in [9.17, 15) is 4.79 Å². The van der Waals surface area contributed by atoms with Crippen LogP contribution in [0.4, 0.5) is 11.4 Å². The van der Waals surface area contributed by atoms with Gasteiger partial charge in [-0.1, -0.05) is 38.1 Å². The smallest absolute Gasteiger partial charge is 0.162 e. The van der Waals surface area contributed by atoms with Gasteiger partial charge in [0.2, 0.25) is 0 Å². The van der Waals surface area contributed by atoms with Crippen molar-refractivity contribution < 1.29 is 4.79 Å². The number of rotatable bonds is 2. The molecule has 4 heteroatoms. The number of allylic oxidation sites excluding steroid dienone is 1. The number of hydrogen-bond donors (Lipinski definition) is 1. The second-order valence-corrected chi connectivity index (χ2v) is 9.42. The van der Waals surface area contributed by atoms with Crippen LogP contribution >= 0.6 is 15.9 Å². The summed E-state index contributed by atoms with van der Waals surface area (Å²) < 4.78 is 1.04. The van der Waals surface area contributed by atoms with Crippen molar-refractivity contribution in [2.24, 2.45) is 5.41 Å². The number of ketones is 1. The molecule has 0 amide bonds. The maximum absolute atomic E-state index is 13.2. The molecule has 0 fully saturated rings. The van der Waals surface area contributed by atoms with Gasteiger partial charge in [-0.2, -0.15) is 0 Å². The lowest BCUT2D eigenvalue weighted by molar-refractivity contribution is -0.118. The Kier molecular flexibility index (Phi) is 4.42. The number of nitrogens with zero attached hydrogens (tertiary/aromatic N) is 1.